The van der Waals surface area contributed by atoms with E-state index >= 15 is 0 Å². The number of ether oxygens (including phenoxy) is 1. The SMILES string of the molecule is COc1ccc2cc(CN(C)C(=O)CN3CCN(CC(=O)NCc4ccccc4)CC3)ccc2c1. The van der Waals surface area contributed by atoms with Gasteiger partial charge in [-0.1, -0.05) is 48.5 Å². The van der Waals surface area contributed by atoms with Gasteiger partial charge in [-0.25, -0.2) is 0 Å². The summed E-state index contributed by atoms with van der Waals surface area (Å²) in [6.45, 7) is 5.03. The molecule has 0 unspecified atom stereocenters. The third-order valence-electron chi connectivity index (χ3n) is 6.48. The van der Waals surface area contributed by atoms with Crippen LogP contribution in [0.15, 0.2) is 66.7 Å². The highest BCUT2D eigenvalue weighted by Crippen LogP contribution is 2.22. The second kappa shape index (κ2) is 11.8. The van der Waals surface area contributed by atoms with Crippen molar-refractivity contribution in [2.24, 2.45) is 0 Å². The van der Waals surface area contributed by atoms with Crippen molar-refractivity contribution < 1.29 is 14.3 Å². The number of fused-ring (bicyclic) bond motifs is 1. The molecule has 2 amide bonds. The number of hydrogen-bond acceptors (Lipinski definition) is 5. The lowest BCUT2D eigenvalue weighted by molar-refractivity contribution is -0.132. The van der Waals surface area contributed by atoms with Gasteiger partial charge in [0.05, 0.1) is 20.2 Å². The molecule has 0 bridgehead atoms. The second-order valence-electron chi connectivity index (χ2n) is 9.11. The molecule has 0 spiro atoms. The highest BCUT2D eigenvalue weighted by molar-refractivity contribution is 5.85. The summed E-state index contributed by atoms with van der Waals surface area (Å²) in [7, 11) is 3.52. The predicted molar refractivity (Wildman–Crippen MR) is 138 cm³/mol. The zero-order valence-corrected chi connectivity index (χ0v) is 20.6. The number of nitrogens with zero attached hydrogens (tertiary/aromatic N) is 3. The van der Waals surface area contributed by atoms with Crippen molar-refractivity contribution in [3.05, 3.63) is 77.9 Å². The molecular weight excluding hydrogens is 440 g/mol. The summed E-state index contributed by atoms with van der Waals surface area (Å²) in [6, 6.07) is 22.2. The number of amides is 2. The fourth-order valence-electron chi connectivity index (χ4n) is 4.33. The number of rotatable bonds is 9. The Hall–Kier alpha value is -3.42. The van der Waals surface area contributed by atoms with Crippen LogP contribution < -0.4 is 10.1 Å². The Morgan fingerprint density at radius 2 is 1.51 bits per heavy atom. The predicted octanol–water partition coefficient (Wildman–Crippen LogP) is 2.74. The molecule has 7 heteroatoms. The van der Waals surface area contributed by atoms with E-state index in [4.69, 9.17) is 4.74 Å². The molecule has 0 saturated carbocycles. The summed E-state index contributed by atoms with van der Waals surface area (Å²) in [5.74, 6) is 0.978. The Morgan fingerprint density at radius 1 is 0.857 bits per heavy atom. The number of hydrogen-bond donors (Lipinski definition) is 1. The molecule has 1 saturated heterocycles. The molecular formula is C28H34N4O3. The van der Waals surface area contributed by atoms with Gasteiger partial charge in [0.25, 0.3) is 0 Å². The lowest BCUT2D eigenvalue weighted by Gasteiger charge is -2.34. The Morgan fingerprint density at radius 3 is 2.23 bits per heavy atom. The second-order valence-corrected chi connectivity index (χ2v) is 9.11. The molecule has 0 aromatic heterocycles. The zero-order chi connectivity index (χ0) is 24.6. The minimum atomic E-state index is 0.0342. The van der Waals surface area contributed by atoms with Crippen molar-refractivity contribution >= 4 is 22.6 Å². The van der Waals surface area contributed by atoms with E-state index in [0.717, 1.165) is 53.8 Å². The Kier molecular flexibility index (Phi) is 8.34. The summed E-state index contributed by atoms with van der Waals surface area (Å²) >= 11 is 0. The van der Waals surface area contributed by atoms with Gasteiger partial charge in [0.2, 0.25) is 11.8 Å². The van der Waals surface area contributed by atoms with Crippen LogP contribution in [-0.2, 0) is 22.7 Å². The molecule has 184 valence electrons. The molecule has 4 rings (SSSR count). The maximum absolute atomic E-state index is 12.8. The minimum Gasteiger partial charge on any atom is -0.497 e. The van der Waals surface area contributed by atoms with E-state index in [1.54, 1.807) is 12.0 Å². The van der Waals surface area contributed by atoms with Gasteiger partial charge >= 0.3 is 0 Å². The van der Waals surface area contributed by atoms with Gasteiger partial charge < -0.3 is 15.0 Å². The molecule has 7 nitrogen and oxygen atoms in total. The van der Waals surface area contributed by atoms with E-state index in [9.17, 15) is 9.59 Å². The first-order chi connectivity index (χ1) is 17.0. The van der Waals surface area contributed by atoms with Gasteiger partial charge in [0.15, 0.2) is 0 Å². The number of benzene rings is 3. The molecule has 0 aliphatic carbocycles. The third-order valence-corrected chi connectivity index (χ3v) is 6.48. The van der Waals surface area contributed by atoms with Crippen LogP contribution >= 0.6 is 0 Å². The summed E-state index contributed by atoms with van der Waals surface area (Å²) in [4.78, 5) is 31.2. The maximum atomic E-state index is 12.8. The average Bonchev–Trinajstić information content (AvgIpc) is 2.89. The molecule has 3 aromatic rings. The van der Waals surface area contributed by atoms with E-state index in [2.05, 4.69) is 33.3 Å². The molecule has 0 radical (unpaired) electrons. The standard InChI is InChI=1S/C28H34N4O3/c1-30(19-23-8-9-25-17-26(35-2)11-10-24(25)16-23)28(34)21-32-14-12-31(13-15-32)20-27(33)29-18-22-6-4-3-5-7-22/h3-11,16-17H,12-15,18-21H2,1-2H3,(H,29,33). The lowest BCUT2D eigenvalue weighted by Crippen LogP contribution is -2.51. The van der Waals surface area contributed by atoms with Crippen LogP contribution in [0.5, 0.6) is 5.75 Å². The summed E-state index contributed by atoms with van der Waals surface area (Å²) in [5.41, 5.74) is 2.20. The molecule has 35 heavy (non-hydrogen) atoms. The summed E-state index contributed by atoms with van der Waals surface area (Å²) < 4.78 is 5.29. The van der Waals surface area contributed by atoms with Crippen molar-refractivity contribution in [2.75, 3.05) is 53.4 Å². The number of nitrogens with one attached hydrogen (secondary N) is 1. The van der Waals surface area contributed by atoms with Crippen molar-refractivity contribution in [3.8, 4) is 5.75 Å². The topological polar surface area (TPSA) is 65.1 Å². The van der Waals surface area contributed by atoms with Crippen LogP contribution in [0, 0.1) is 0 Å². The van der Waals surface area contributed by atoms with Crippen LogP contribution in [0.3, 0.4) is 0 Å². The monoisotopic (exact) mass is 474 g/mol. The first-order valence-corrected chi connectivity index (χ1v) is 12.1. The molecule has 1 N–H and O–H groups in total. The number of methoxy groups -OCH3 is 1. The molecule has 3 aromatic carbocycles. The quantitative estimate of drug-likeness (QED) is 0.517. The fourth-order valence-corrected chi connectivity index (χ4v) is 4.33. The van der Waals surface area contributed by atoms with E-state index in [1.165, 1.54) is 0 Å². The smallest absolute Gasteiger partial charge is 0.236 e. The molecule has 1 aliphatic rings. The fraction of sp³-hybridized carbons (Fsp3) is 0.357. The van der Waals surface area contributed by atoms with Gasteiger partial charge in [0.1, 0.15) is 5.75 Å². The number of carbonyl (C=O) groups is 2. The van der Waals surface area contributed by atoms with Crippen LogP contribution in [-0.4, -0.2) is 79.9 Å². The van der Waals surface area contributed by atoms with Gasteiger partial charge in [-0.2, -0.15) is 0 Å². The van der Waals surface area contributed by atoms with E-state index in [1.807, 2.05) is 55.6 Å². The minimum absolute atomic E-state index is 0.0342. The van der Waals surface area contributed by atoms with Crippen LogP contribution in [0.2, 0.25) is 0 Å². The first kappa shape index (κ1) is 24.7. The molecule has 1 aliphatic heterocycles. The van der Waals surface area contributed by atoms with Crippen molar-refractivity contribution in [2.45, 2.75) is 13.1 Å². The summed E-state index contributed by atoms with van der Waals surface area (Å²) in [5, 5.41) is 5.23. The largest absolute Gasteiger partial charge is 0.497 e. The molecule has 0 atom stereocenters. The Labute approximate surface area is 207 Å². The highest BCUT2D eigenvalue weighted by atomic mass is 16.5. The molecule has 1 fully saturated rings. The first-order valence-electron chi connectivity index (χ1n) is 12.1. The van der Waals surface area contributed by atoms with Crippen molar-refractivity contribution in [1.29, 1.82) is 0 Å². The number of likely N-dealkylation sites (N-methyl/N-ethyl adjacent to an activating group) is 1. The zero-order valence-electron chi connectivity index (χ0n) is 20.6. The maximum Gasteiger partial charge on any atom is 0.236 e. The van der Waals surface area contributed by atoms with Crippen molar-refractivity contribution in [3.63, 3.8) is 0 Å². The molecule has 1 heterocycles. The summed E-state index contributed by atoms with van der Waals surface area (Å²) in [6.07, 6.45) is 0. The lowest BCUT2D eigenvalue weighted by atomic mass is 10.1. The third kappa shape index (κ3) is 7.04. The van der Waals surface area contributed by atoms with E-state index < -0.39 is 0 Å². The van der Waals surface area contributed by atoms with E-state index in [-0.39, 0.29) is 11.8 Å². The van der Waals surface area contributed by atoms with Gasteiger partial charge in [0, 0.05) is 46.3 Å². The van der Waals surface area contributed by atoms with E-state index in [0.29, 0.717) is 26.2 Å². The van der Waals surface area contributed by atoms with Crippen LogP contribution in [0.4, 0.5) is 0 Å². The van der Waals surface area contributed by atoms with Gasteiger partial charge in [-0.3, -0.25) is 19.4 Å². The van der Waals surface area contributed by atoms with Crippen LogP contribution in [0.25, 0.3) is 10.8 Å². The number of carbonyl (C=O) groups excluding carboxylic acids is 2. The Bertz CT molecular complexity index is 1140. The van der Waals surface area contributed by atoms with Gasteiger partial charge in [-0.15, -0.1) is 0 Å². The average molecular weight is 475 g/mol. The highest BCUT2D eigenvalue weighted by Gasteiger charge is 2.22. The van der Waals surface area contributed by atoms with Crippen LogP contribution in [0.1, 0.15) is 11.1 Å². The van der Waals surface area contributed by atoms with Gasteiger partial charge in [-0.05, 0) is 40.1 Å². The Balaban J connectivity index is 1.19. The number of piperazine rings is 1. The van der Waals surface area contributed by atoms with Crippen molar-refractivity contribution in [1.82, 2.24) is 20.0 Å². The normalized spacial score (nSPS) is 14.6.